The molecule has 12 heteroatoms. The molecule has 0 spiro atoms. The van der Waals surface area contributed by atoms with Crippen molar-refractivity contribution in [2.45, 2.75) is 25.2 Å². The van der Waals surface area contributed by atoms with Crippen LogP contribution in [0.15, 0.2) is 30.6 Å². The lowest BCUT2D eigenvalue weighted by atomic mass is 10.3. The maximum atomic E-state index is 12.6. The van der Waals surface area contributed by atoms with E-state index in [2.05, 4.69) is 30.4 Å². The van der Waals surface area contributed by atoms with E-state index in [1.54, 1.807) is 0 Å². The number of nitrogens with two attached hydrogens (primary N) is 1. The second-order valence-corrected chi connectivity index (χ2v) is 6.14. The summed E-state index contributed by atoms with van der Waals surface area (Å²) in [6.07, 6.45) is -0.579. The molecule has 146 valence electrons. The molecule has 0 atom stereocenters. The van der Waals surface area contributed by atoms with Gasteiger partial charge in [0.15, 0.2) is 5.65 Å². The van der Waals surface area contributed by atoms with E-state index in [9.17, 15) is 18.0 Å². The fraction of sp³-hybridized carbons (Fsp3) is 0.250. The number of fused-ring (bicyclic) bond motifs is 1. The van der Waals surface area contributed by atoms with Crippen molar-refractivity contribution in [3.05, 3.63) is 36.2 Å². The fourth-order valence-electron chi connectivity index (χ4n) is 2.52. The van der Waals surface area contributed by atoms with Crippen LogP contribution in [0.3, 0.4) is 0 Å². The zero-order chi connectivity index (χ0) is 19.9. The molecule has 3 aromatic heterocycles. The minimum absolute atomic E-state index is 0.0698. The molecule has 1 fully saturated rings. The van der Waals surface area contributed by atoms with Gasteiger partial charge in [-0.15, -0.1) is 13.2 Å². The van der Waals surface area contributed by atoms with Crippen molar-refractivity contribution in [1.29, 1.82) is 0 Å². The smallest absolute Gasteiger partial charge is 0.386 e. The molecule has 0 aromatic carbocycles. The number of carbonyl (C=O) groups is 1. The van der Waals surface area contributed by atoms with Crippen LogP contribution in [0.25, 0.3) is 5.65 Å². The molecule has 0 unspecified atom stereocenters. The van der Waals surface area contributed by atoms with E-state index >= 15 is 0 Å². The molecule has 0 radical (unpaired) electrons. The van der Waals surface area contributed by atoms with E-state index in [1.165, 1.54) is 28.9 Å². The van der Waals surface area contributed by atoms with Crippen molar-refractivity contribution in [2.24, 2.45) is 0 Å². The van der Waals surface area contributed by atoms with Crippen molar-refractivity contribution < 1.29 is 22.7 Å². The van der Waals surface area contributed by atoms with Crippen LogP contribution in [-0.4, -0.2) is 37.9 Å². The normalized spacial score (nSPS) is 14.1. The molecule has 1 aliphatic rings. The number of halogens is 3. The molecule has 0 saturated heterocycles. The zero-order valence-corrected chi connectivity index (χ0v) is 14.2. The Balaban J connectivity index is 1.67. The van der Waals surface area contributed by atoms with Crippen molar-refractivity contribution >= 4 is 28.9 Å². The Bertz CT molecular complexity index is 1050. The van der Waals surface area contributed by atoms with Gasteiger partial charge < -0.3 is 21.1 Å². The minimum atomic E-state index is -4.90. The van der Waals surface area contributed by atoms with Gasteiger partial charge in [0.1, 0.15) is 22.9 Å². The van der Waals surface area contributed by atoms with Crippen LogP contribution in [0.5, 0.6) is 5.88 Å². The van der Waals surface area contributed by atoms with Crippen LogP contribution in [0.2, 0.25) is 0 Å². The molecule has 1 amide bonds. The number of alkyl halides is 3. The fourth-order valence-corrected chi connectivity index (χ4v) is 2.52. The summed E-state index contributed by atoms with van der Waals surface area (Å²) in [5.74, 6) is -0.773. The third-order valence-corrected chi connectivity index (χ3v) is 3.90. The second kappa shape index (κ2) is 6.55. The summed E-state index contributed by atoms with van der Waals surface area (Å²) >= 11 is 0. The monoisotopic (exact) mass is 393 g/mol. The van der Waals surface area contributed by atoms with E-state index in [4.69, 9.17) is 5.73 Å². The predicted octanol–water partition coefficient (Wildman–Crippen LogP) is 2.24. The van der Waals surface area contributed by atoms with Crippen LogP contribution in [0.4, 0.5) is 30.5 Å². The van der Waals surface area contributed by atoms with Gasteiger partial charge in [-0.05, 0) is 25.0 Å². The van der Waals surface area contributed by atoms with Gasteiger partial charge in [0.25, 0.3) is 5.91 Å². The number of nitrogens with one attached hydrogen (secondary N) is 2. The van der Waals surface area contributed by atoms with Crippen LogP contribution in [0, 0.1) is 0 Å². The van der Waals surface area contributed by atoms with E-state index in [0.717, 1.165) is 19.0 Å². The van der Waals surface area contributed by atoms with Gasteiger partial charge in [-0.1, -0.05) is 0 Å². The van der Waals surface area contributed by atoms with Gasteiger partial charge in [0.05, 0.1) is 6.20 Å². The first-order chi connectivity index (χ1) is 13.3. The summed E-state index contributed by atoms with van der Waals surface area (Å²) in [5.41, 5.74) is 6.25. The summed E-state index contributed by atoms with van der Waals surface area (Å²) in [7, 11) is 0. The Morgan fingerprint density at radius 1 is 1.36 bits per heavy atom. The highest BCUT2D eigenvalue weighted by Crippen LogP contribution is 2.30. The highest BCUT2D eigenvalue weighted by molar-refractivity contribution is 6.00. The van der Waals surface area contributed by atoms with Crippen LogP contribution in [-0.2, 0) is 0 Å². The minimum Gasteiger partial charge on any atom is -0.386 e. The first-order valence-corrected chi connectivity index (χ1v) is 8.23. The molecule has 3 aromatic rings. The number of hydrogen-bond donors (Lipinski definition) is 3. The van der Waals surface area contributed by atoms with Crippen molar-refractivity contribution in [3.63, 3.8) is 0 Å². The third kappa shape index (κ3) is 3.75. The van der Waals surface area contributed by atoms with Crippen molar-refractivity contribution in [2.75, 3.05) is 11.1 Å². The summed E-state index contributed by atoms with van der Waals surface area (Å²) in [6, 6.07) is 4.28. The Hall–Kier alpha value is -3.57. The molecule has 3 heterocycles. The van der Waals surface area contributed by atoms with Crippen LogP contribution >= 0.6 is 0 Å². The summed E-state index contributed by atoms with van der Waals surface area (Å²) in [6.45, 7) is 0. The summed E-state index contributed by atoms with van der Waals surface area (Å²) < 4.78 is 42.9. The quantitative estimate of drug-likeness (QED) is 0.608. The number of anilines is 3. The zero-order valence-electron chi connectivity index (χ0n) is 14.2. The maximum absolute atomic E-state index is 12.6. The van der Waals surface area contributed by atoms with E-state index in [0.29, 0.717) is 0 Å². The first-order valence-electron chi connectivity index (χ1n) is 8.23. The Labute approximate surface area is 155 Å². The number of ether oxygens (including phenoxy) is 1. The molecule has 4 rings (SSSR count). The van der Waals surface area contributed by atoms with Gasteiger partial charge >= 0.3 is 6.36 Å². The molecule has 0 bridgehead atoms. The average Bonchev–Trinajstić information content (AvgIpc) is 3.31. The van der Waals surface area contributed by atoms with E-state index in [1.807, 2.05) is 0 Å². The number of hydrogen-bond acceptors (Lipinski definition) is 7. The molecule has 1 saturated carbocycles. The highest BCUT2D eigenvalue weighted by Gasteiger charge is 2.33. The number of nitrogens with zero attached hydrogens (tertiary/aromatic N) is 4. The number of carbonyl (C=O) groups excluding carboxylic acids is 1. The summed E-state index contributed by atoms with van der Waals surface area (Å²) in [5, 5.41) is 9.55. The Morgan fingerprint density at radius 2 is 2.14 bits per heavy atom. The Kier molecular flexibility index (Phi) is 4.17. The van der Waals surface area contributed by atoms with E-state index in [-0.39, 0.29) is 40.5 Å². The van der Waals surface area contributed by atoms with Gasteiger partial charge in [0.2, 0.25) is 5.88 Å². The number of amides is 1. The second-order valence-electron chi connectivity index (χ2n) is 6.14. The van der Waals surface area contributed by atoms with Crippen molar-refractivity contribution in [1.82, 2.24) is 24.9 Å². The number of aromatic nitrogens is 4. The summed E-state index contributed by atoms with van der Waals surface area (Å²) in [4.78, 5) is 20.2. The first kappa shape index (κ1) is 17.8. The largest absolute Gasteiger partial charge is 0.574 e. The molecular weight excluding hydrogens is 379 g/mol. The Morgan fingerprint density at radius 3 is 2.86 bits per heavy atom. The predicted molar refractivity (Wildman–Crippen MR) is 92.1 cm³/mol. The van der Waals surface area contributed by atoms with Gasteiger partial charge in [-0.25, -0.2) is 9.97 Å². The maximum Gasteiger partial charge on any atom is 0.574 e. The number of pyridine rings is 1. The molecular formula is C16H14F3N7O2. The molecule has 4 N–H and O–H groups in total. The molecule has 0 aliphatic heterocycles. The molecule has 9 nitrogen and oxygen atoms in total. The standard InChI is InChI=1S/C16H14F3N7O2/c17-16(18,19)28-15-10(2-1-5-21-15)24-12-6-11(20)26-13(25-12)9(7-22-26)14(27)23-8-3-4-8/h1-2,5-8H,3-4,20H2,(H,23,27)(H,24,25). The number of nitrogen functional groups attached to an aromatic ring is 1. The topological polar surface area (TPSA) is 119 Å². The van der Waals surface area contributed by atoms with Gasteiger partial charge in [0, 0.05) is 18.3 Å². The number of rotatable bonds is 5. The lowest BCUT2D eigenvalue weighted by Gasteiger charge is -2.13. The van der Waals surface area contributed by atoms with Crippen LogP contribution in [0.1, 0.15) is 23.2 Å². The van der Waals surface area contributed by atoms with Crippen LogP contribution < -0.4 is 21.1 Å². The lowest BCUT2D eigenvalue weighted by molar-refractivity contribution is -0.275. The lowest BCUT2D eigenvalue weighted by Crippen LogP contribution is -2.25. The van der Waals surface area contributed by atoms with Gasteiger partial charge in [-0.3, -0.25) is 4.79 Å². The third-order valence-electron chi connectivity index (χ3n) is 3.90. The SMILES string of the molecule is Nc1cc(Nc2cccnc2OC(F)(F)F)nc2c(C(=O)NC3CC3)cnn12. The van der Waals surface area contributed by atoms with E-state index < -0.39 is 12.2 Å². The molecule has 1 aliphatic carbocycles. The average molecular weight is 393 g/mol. The molecule has 28 heavy (non-hydrogen) atoms. The van der Waals surface area contributed by atoms with Crippen molar-refractivity contribution in [3.8, 4) is 5.88 Å². The highest BCUT2D eigenvalue weighted by atomic mass is 19.4. The van der Waals surface area contributed by atoms with Gasteiger partial charge in [-0.2, -0.15) is 9.61 Å².